The lowest BCUT2D eigenvalue weighted by molar-refractivity contribution is -0.634. The number of anilines is 1. The van der Waals surface area contributed by atoms with Crippen molar-refractivity contribution in [3.8, 4) is 11.4 Å². The molecular formula is C35H46IN3O2. The number of hydrogen-bond donors (Lipinski definition) is 0. The highest BCUT2D eigenvalue weighted by atomic mass is 127. The molecule has 0 bridgehead atoms. The molecule has 0 saturated heterocycles. The van der Waals surface area contributed by atoms with Gasteiger partial charge in [-0.3, -0.25) is 0 Å². The van der Waals surface area contributed by atoms with Gasteiger partial charge in [-0.05, 0) is 106 Å². The van der Waals surface area contributed by atoms with Crippen molar-refractivity contribution in [2.45, 2.75) is 103 Å². The highest BCUT2D eigenvalue weighted by Crippen LogP contribution is 2.46. The van der Waals surface area contributed by atoms with Gasteiger partial charge in [-0.25, -0.2) is 13.9 Å². The minimum Gasteiger partial charge on any atom is -1.00 e. The number of nitrogens with zero attached hydrogens (tertiary/aromatic N) is 3. The van der Waals surface area contributed by atoms with Gasteiger partial charge >= 0.3 is 5.97 Å². The summed E-state index contributed by atoms with van der Waals surface area (Å²) in [6.45, 7) is 6.88. The summed E-state index contributed by atoms with van der Waals surface area (Å²) in [5.74, 6) is 2.99. The third-order valence-corrected chi connectivity index (χ3v) is 10.2. The summed E-state index contributed by atoms with van der Waals surface area (Å²) in [7, 11) is 2.15. The van der Waals surface area contributed by atoms with Gasteiger partial charge in [0.25, 0.3) is 5.82 Å². The normalized spacial score (nSPS) is 25.1. The van der Waals surface area contributed by atoms with Crippen LogP contribution >= 0.6 is 0 Å². The maximum absolute atomic E-state index is 14.3. The minimum atomic E-state index is -0.291. The number of esters is 1. The summed E-state index contributed by atoms with van der Waals surface area (Å²) in [6.07, 6.45) is 10.9. The molecule has 6 heteroatoms. The Hall–Kier alpha value is -2.09. The molecule has 1 aromatic heterocycles. The molecule has 0 amide bonds. The van der Waals surface area contributed by atoms with Crippen molar-refractivity contribution in [3.05, 3.63) is 48.5 Å². The van der Waals surface area contributed by atoms with E-state index in [1.165, 1.54) is 43.4 Å². The van der Waals surface area contributed by atoms with Gasteiger partial charge in [0.15, 0.2) is 11.0 Å². The van der Waals surface area contributed by atoms with E-state index in [1.807, 2.05) is 0 Å². The molecule has 41 heavy (non-hydrogen) atoms. The second kappa shape index (κ2) is 11.5. The number of rotatable bonds is 9. The van der Waals surface area contributed by atoms with E-state index in [4.69, 9.17) is 4.74 Å². The van der Waals surface area contributed by atoms with E-state index in [-0.39, 0.29) is 42.1 Å². The Kier molecular flexibility index (Phi) is 8.16. The third-order valence-electron chi connectivity index (χ3n) is 10.2. The Labute approximate surface area is 262 Å². The van der Waals surface area contributed by atoms with E-state index in [1.54, 1.807) is 0 Å². The predicted molar refractivity (Wildman–Crippen MR) is 160 cm³/mol. The lowest BCUT2D eigenvalue weighted by Crippen LogP contribution is -3.00. The number of carbonyl (C=O) groups excluding carboxylic acids is 1. The average Bonchev–Trinajstić information content (AvgIpc) is 3.78. The Morgan fingerprint density at radius 3 is 2.20 bits per heavy atom. The number of imidazole rings is 1. The number of para-hydroxylation sites is 2. The summed E-state index contributed by atoms with van der Waals surface area (Å²) in [4.78, 5) is 16.9. The molecule has 4 saturated carbocycles. The maximum Gasteiger partial charge on any atom is 0.352 e. The zero-order valence-electron chi connectivity index (χ0n) is 25.1. The molecule has 0 aliphatic heterocycles. The first-order valence-electron chi connectivity index (χ1n) is 16.0. The summed E-state index contributed by atoms with van der Waals surface area (Å²) in [6, 6.07) is 18.9. The standard InChI is InChI=1S/C35H46N3O2.HI/c1-22(2)29-20-9-23(3)21-32(29)40-35(39)33(24-10-11-24)38-31-8-6-5-7-30(31)36(4)34(38)25-12-14-26(15-13-25)37(27-16-17-27)28-18-19-28;/h5-8,12-15,22-24,27-29,32-33H,9-11,16-21H2,1-4H3;1H/q+1;/p-1/t23-,29+,32?,33-;/m1./s1. The van der Waals surface area contributed by atoms with Gasteiger partial charge in [0.2, 0.25) is 6.04 Å². The fourth-order valence-electron chi connectivity index (χ4n) is 7.55. The fourth-order valence-corrected chi connectivity index (χ4v) is 7.55. The highest BCUT2D eigenvalue weighted by Gasteiger charge is 2.47. The van der Waals surface area contributed by atoms with Crippen LogP contribution in [-0.4, -0.2) is 28.7 Å². The topological polar surface area (TPSA) is 38.4 Å². The van der Waals surface area contributed by atoms with E-state index < -0.39 is 0 Å². The SMILES string of the molecule is CC(C)[C@@H]1CC[C@@H](C)CC1OC(=O)[C@@H](C1CC1)n1c(-c2ccc(N(C3CC3)C3CC3)cc2)[n+](C)c2ccccc21.[I-]. The van der Waals surface area contributed by atoms with Crippen LogP contribution in [0.15, 0.2) is 48.5 Å². The largest absolute Gasteiger partial charge is 1.00 e. The number of ether oxygens (including phenoxy) is 1. The monoisotopic (exact) mass is 667 g/mol. The molecule has 1 unspecified atom stereocenters. The van der Waals surface area contributed by atoms with Crippen LogP contribution in [0.5, 0.6) is 0 Å². The lowest BCUT2D eigenvalue weighted by atomic mass is 9.75. The highest BCUT2D eigenvalue weighted by molar-refractivity contribution is 5.83. The van der Waals surface area contributed by atoms with E-state index in [0.717, 1.165) is 54.6 Å². The molecule has 5 nitrogen and oxygen atoms in total. The summed E-state index contributed by atoms with van der Waals surface area (Å²) >= 11 is 0. The molecule has 7 rings (SSSR count). The number of hydrogen-bond acceptors (Lipinski definition) is 3. The molecule has 4 aliphatic carbocycles. The first-order chi connectivity index (χ1) is 19.4. The first-order valence-corrected chi connectivity index (χ1v) is 16.0. The quantitative estimate of drug-likeness (QED) is 0.195. The van der Waals surface area contributed by atoms with Gasteiger partial charge in [0.1, 0.15) is 6.10 Å². The van der Waals surface area contributed by atoms with Crippen molar-refractivity contribution in [1.82, 2.24) is 4.57 Å². The van der Waals surface area contributed by atoms with Crippen LogP contribution < -0.4 is 33.4 Å². The van der Waals surface area contributed by atoms with Gasteiger partial charge in [0, 0.05) is 23.7 Å². The Balaban J connectivity index is 0.00000302. The number of benzene rings is 2. The van der Waals surface area contributed by atoms with Crippen molar-refractivity contribution >= 4 is 22.7 Å². The molecule has 0 spiro atoms. The number of aromatic nitrogens is 2. The molecule has 220 valence electrons. The predicted octanol–water partition coefficient (Wildman–Crippen LogP) is 4.22. The molecule has 1 heterocycles. The fraction of sp³-hybridized carbons (Fsp3) is 0.600. The van der Waals surface area contributed by atoms with E-state index in [2.05, 4.69) is 90.4 Å². The minimum absolute atomic E-state index is 0. The third kappa shape index (κ3) is 5.66. The van der Waals surface area contributed by atoms with Crippen LogP contribution in [-0.2, 0) is 16.6 Å². The van der Waals surface area contributed by atoms with Gasteiger partial charge in [-0.15, -0.1) is 0 Å². The second-order valence-electron chi connectivity index (χ2n) is 13.7. The molecule has 2 aromatic carbocycles. The van der Waals surface area contributed by atoms with Crippen LogP contribution in [0, 0.1) is 23.7 Å². The van der Waals surface area contributed by atoms with Crippen LogP contribution in [0.4, 0.5) is 5.69 Å². The van der Waals surface area contributed by atoms with Gasteiger partial charge < -0.3 is 33.6 Å². The van der Waals surface area contributed by atoms with E-state index in [9.17, 15) is 4.79 Å². The zero-order valence-corrected chi connectivity index (χ0v) is 27.3. The summed E-state index contributed by atoms with van der Waals surface area (Å²) in [5, 5.41) is 0. The zero-order chi connectivity index (χ0) is 27.5. The van der Waals surface area contributed by atoms with Gasteiger partial charge in [0.05, 0.1) is 12.6 Å². The molecule has 4 aliphatic rings. The number of carbonyl (C=O) groups is 1. The maximum atomic E-state index is 14.3. The number of fused-ring (bicyclic) bond motifs is 1. The van der Waals surface area contributed by atoms with Crippen molar-refractivity contribution in [2.24, 2.45) is 30.7 Å². The number of halogens is 1. The Bertz CT molecular complexity index is 1370. The Morgan fingerprint density at radius 1 is 0.927 bits per heavy atom. The first kappa shape index (κ1) is 29.0. The van der Waals surface area contributed by atoms with Crippen molar-refractivity contribution in [2.75, 3.05) is 4.90 Å². The molecule has 3 aromatic rings. The summed E-state index contributed by atoms with van der Waals surface area (Å²) < 4.78 is 11.2. The molecule has 4 fully saturated rings. The van der Waals surface area contributed by atoms with Gasteiger partial charge in [-0.2, -0.15) is 0 Å². The number of aryl methyl sites for hydroxylation is 1. The lowest BCUT2D eigenvalue weighted by Gasteiger charge is -2.37. The Morgan fingerprint density at radius 2 is 1.59 bits per heavy atom. The van der Waals surface area contributed by atoms with Gasteiger partial charge in [-0.1, -0.05) is 39.3 Å². The van der Waals surface area contributed by atoms with Crippen molar-refractivity contribution in [1.29, 1.82) is 0 Å². The average molecular weight is 668 g/mol. The molecule has 0 N–H and O–H groups in total. The van der Waals surface area contributed by atoms with Crippen molar-refractivity contribution in [3.63, 3.8) is 0 Å². The van der Waals surface area contributed by atoms with Crippen LogP contribution in [0.2, 0.25) is 0 Å². The van der Waals surface area contributed by atoms with Crippen LogP contribution in [0.1, 0.15) is 84.6 Å². The summed E-state index contributed by atoms with van der Waals surface area (Å²) in [5.41, 5.74) is 4.79. The second-order valence-corrected chi connectivity index (χ2v) is 13.7. The molecule has 0 radical (unpaired) electrons. The van der Waals surface area contributed by atoms with Crippen LogP contribution in [0.3, 0.4) is 0 Å². The molecular weight excluding hydrogens is 621 g/mol. The van der Waals surface area contributed by atoms with Crippen LogP contribution in [0.25, 0.3) is 22.4 Å². The van der Waals surface area contributed by atoms with Crippen molar-refractivity contribution < 1.29 is 38.1 Å². The van der Waals surface area contributed by atoms with E-state index >= 15 is 0 Å². The molecule has 4 atom stereocenters. The smallest absolute Gasteiger partial charge is 0.352 e. The van der Waals surface area contributed by atoms with E-state index in [0.29, 0.717) is 23.7 Å².